The molecule has 20 heavy (non-hydrogen) atoms. The van der Waals surface area contributed by atoms with E-state index >= 15 is 0 Å². The van der Waals surface area contributed by atoms with Crippen molar-refractivity contribution in [3.63, 3.8) is 0 Å². The van der Waals surface area contributed by atoms with Gasteiger partial charge in [0.25, 0.3) is 0 Å². The molecule has 1 fully saturated rings. The zero-order chi connectivity index (χ0) is 14.4. The first kappa shape index (κ1) is 15.3. The molecule has 1 aliphatic rings. The molecule has 0 amide bonds. The average Bonchev–Trinajstić information content (AvgIpc) is 2.94. The number of methoxy groups -OCH3 is 2. The van der Waals surface area contributed by atoms with E-state index in [1.54, 1.807) is 14.2 Å². The molecule has 1 heterocycles. The summed E-state index contributed by atoms with van der Waals surface area (Å²) in [5.74, 6) is 0.918. The molecule has 2 atom stereocenters. The van der Waals surface area contributed by atoms with Gasteiger partial charge < -0.3 is 14.8 Å². The molecule has 112 valence electrons. The van der Waals surface area contributed by atoms with Crippen LogP contribution in [0, 0.1) is 0 Å². The Morgan fingerprint density at radius 3 is 2.90 bits per heavy atom. The Morgan fingerprint density at radius 2 is 2.25 bits per heavy atom. The van der Waals surface area contributed by atoms with Gasteiger partial charge in [-0.25, -0.2) is 0 Å². The summed E-state index contributed by atoms with van der Waals surface area (Å²) >= 11 is 0. The number of ether oxygens (including phenoxy) is 2. The summed E-state index contributed by atoms with van der Waals surface area (Å²) in [6.07, 6.45) is 1.52. The Balaban J connectivity index is 2.02. The molecular formula is C16H26N2O2. The highest BCUT2D eigenvalue weighted by molar-refractivity contribution is 5.30. The topological polar surface area (TPSA) is 33.7 Å². The summed E-state index contributed by atoms with van der Waals surface area (Å²) in [6.45, 7) is 6.27. The molecule has 4 nitrogen and oxygen atoms in total. The molecule has 1 saturated heterocycles. The third-order valence-corrected chi connectivity index (χ3v) is 3.95. The van der Waals surface area contributed by atoms with Crippen LogP contribution in [0.25, 0.3) is 0 Å². The first-order valence-corrected chi connectivity index (χ1v) is 7.39. The summed E-state index contributed by atoms with van der Waals surface area (Å²) in [5, 5.41) is 3.57. The van der Waals surface area contributed by atoms with Gasteiger partial charge in [-0.3, -0.25) is 4.90 Å². The van der Waals surface area contributed by atoms with E-state index < -0.39 is 0 Å². The Kier molecular flexibility index (Phi) is 5.83. The number of benzene rings is 1. The standard InChI is InChI=1S/C16H26N2O2/c1-4-17-16(12-18-9-8-15(11-18)20-3)13-6-5-7-14(10-13)19-2/h5-7,10,15-17H,4,8-9,11-12H2,1-3H3. The predicted molar refractivity (Wildman–Crippen MR) is 81.3 cm³/mol. The molecule has 2 rings (SSSR count). The number of likely N-dealkylation sites (tertiary alicyclic amines) is 1. The molecule has 2 unspecified atom stereocenters. The van der Waals surface area contributed by atoms with E-state index in [4.69, 9.17) is 9.47 Å². The summed E-state index contributed by atoms with van der Waals surface area (Å²) in [4.78, 5) is 2.47. The second kappa shape index (κ2) is 7.62. The molecule has 0 saturated carbocycles. The van der Waals surface area contributed by atoms with Crippen LogP contribution in [0.15, 0.2) is 24.3 Å². The van der Waals surface area contributed by atoms with Gasteiger partial charge in [0, 0.05) is 32.8 Å². The summed E-state index contributed by atoms with van der Waals surface area (Å²) in [7, 11) is 3.52. The molecule has 0 aromatic heterocycles. The molecule has 0 aliphatic carbocycles. The lowest BCUT2D eigenvalue weighted by Crippen LogP contribution is -2.34. The van der Waals surface area contributed by atoms with Crippen molar-refractivity contribution < 1.29 is 9.47 Å². The normalized spacial score (nSPS) is 21.1. The van der Waals surface area contributed by atoms with Gasteiger partial charge in [-0.05, 0) is 30.7 Å². The fourth-order valence-corrected chi connectivity index (χ4v) is 2.81. The van der Waals surface area contributed by atoms with Crippen molar-refractivity contribution in [2.75, 3.05) is 40.4 Å². The molecule has 4 heteroatoms. The number of hydrogen-bond donors (Lipinski definition) is 1. The van der Waals surface area contributed by atoms with Gasteiger partial charge in [-0.2, -0.15) is 0 Å². The van der Waals surface area contributed by atoms with E-state index in [-0.39, 0.29) is 0 Å². The lowest BCUT2D eigenvalue weighted by molar-refractivity contribution is 0.106. The van der Waals surface area contributed by atoms with Crippen LogP contribution in [-0.2, 0) is 4.74 Å². The second-order valence-corrected chi connectivity index (χ2v) is 5.29. The maximum Gasteiger partial charge on any atom is 0.119 e. The summed E-state index contributed by atoms with van der Waals surface area (Å²) in [6, 6.07) is 8.67. The van der Waals surface area contributed by atoms with Crippen molar-refractivity contribution in [2.45, 2.75) is 25.5 Å². The summed E-state index contributed by atoms with van der Waals surface area (Å²) in [5.41, 5.74) is 1.28. The van der Waals surface area contributed by atoms with Crippen LogP contribution in [0.1, 0.15) is 24.9 Å². The Hall–Kier alpha value is -1.10. The summed E-state index contributed by atoms with van der Waals surface area (Å²) < 4.78 is 10.8. The van der Waals surface area contributed by atoms with Crippen molar-refractivity contribution in [3.8, 4) is 5.75 Å². The molecular weight excluding hydrogens is 252 g/mol. The largest absolute Gasteiger partial charge is 0.497 e. The van der Waals surface area contributed by atoms with Crippen molar-refractivity contribution in [1.29, 1.82) is 0 Å². The second-order valence-electron chi connectivity index (χ2n) is 5.29. The lowest BCUT2D eigenvalue weighted by Gasteiger charge is -2.25. The van der Waals surface area contributed by atoms with Gasteiger partial charge >= 0.3 is 0 Å². The SMILES string of the molecule is CCNC(CN1CCC(OC)C1)c1cccc(OC)c1. The average molecular weight is 278 g/mol. The molecule has 1 aromatic rings. The quantitative estimate of drug-likeness (QED) is 0.828. The highest BCUT2D eigenvalue weighted by atomic mass is 16.5. The fraction of sp³-hybridized carbons (Fsp3) is 0.625. The van der Waals surface area contributed by atoms with E-state index in [2.05, 4.69) is 35.3 Å². The third kappa shape index (κ3) is 3.95. The van der Waals surface area contributed by atoms with Crippen molar-refractivity contribution in [3.05, 3.63) is 29.8 Å². The first-order chi connectivity index (χ1) is 9.76. The minimum Gasteiger partial charge on any atom is -0.497 e. The van der Waals surface area contributed by atoms with E-state index in [1.807, 2.05) is 6.07 Å². The smallest absolute Gasteiger partial charge is 0.119 e. The third-order valence-electron chi connectivity index (χ3n) is 3.95. The van der Waals surface area contributed by atoms with Crippen LogP contribution in [0.3, 0.4) is 0 Å². The first-order valence-electron chi connectivity index (χ1n) is 7.39. The maximum atomic E-state index is 5.44. The number of likely N-dealkylation sites (N-methyl/N-ethyl adjacent to an activating group) is 1. The van der Waals surface area contributed by atoms with Crippen LogP contribution < -0.4 is 10.1 Å². The van der Waals surface area contributed by atoms with E-state index in [0.29, 0.717) is 12.1 Å². The molecule has 0 bridgehead atoms. The maximum absolute atomic E-state index is 5.44. The van der Waals surface area contributed by atoms with Gasteiger partial charge in [-0.15, -0.1) is 0 Å². The molecule has 1 aliphatic heterocycles. The van der Waals surface area contributed by atoms with E-state index in [0.717, 1.165) is 38.3 Å². The van der Waals surface area contributed by atoms with Crippen LogP contribution in [-0.4, -0.2) is 51.4 Å². The highest BCUT2D eigenvalue weighted by Gasteiger charge is 2.24. The Morgan fingerprint density at radius 1 is 1.40 bits per heavy atom. The molecule has 1 aromatic carbocycles. The zero-order valence-corrected chi connectivity index (χ0v) is 12.8. The Labute approximate surface area is 122 Å². The minimum absolute atomic E-state index is 0.339. The number of rotatable bonds is 7. The van der Waals surface area contributed by atoms with Gasteiger partial charge in [-0.1, -0.05) is 19.1 Å². The zero-order valence-electron chi connectivity index (χ0n) is 12.8. The highest BCUT2D eigenvalue weighted by Crippen LogP contribution is 2.22. The predicted octanol–water partition coefficient (Wildman–Crippen LogP) is 2.07. The van der Waals surface area contributed by atoms with Crippen LogP contribution in [0.2, 0.25) is 0 Å². The van der Waals surface area contributed by atoms with Crippen molar-refractivity contribution >= 4 is 0 Å². The monoisotopic (exact) mass is 278 g/mol. The fourth-order valence-electron chi connectivity index (χ4n) is 2.81. The van der Waals surface area contributed by atoms with Crippen LogP contribution >= 0.6 is 0 Å². The number of nitrogens with one attached hydrogen (secondary N) is 1. The molecule has 0 radical (unpaired) electrons. The van der Waals surface area contributed by atoms with E-state index in [1.165, 1.54) is 5.56 Å². The van der Waals surface area contributed by atoms with Crippen LogP contribution in [0.4, 0.5) is 0 Å². The van der Waals surface area contributed by atoms with Crippen LogP contribution in [0.5, 0.6) is 5.75 Å². The van der Waals surface area contributed by atoms with Gasteiger partial charge in [0.15, 0.2) is 0 Å². The molecule has 0 spiro atoms. The lowest BCUT2D eigenvalue weighted by atomic mass is 10.1. The minimum atomic E-state index is 0.339. The van der Waals surface area contributed by atoms with Crippen molar-refractivity contribution in [1.82, 2.24) is 10.2 Å². The van der Waals surface area contributed by atoms with Crippen molar-refractivity contribution in [2.24, 2.45) is 0 Å². The van der Waals surface area contributed by atoms with Gasteiger partial charge in [0.2, 0.25) is 0 Å². The molecule has 1 N–H and O–H groups in total. The number of hydrogen-bond acceptors (Lipinski definition) is 4. The van der Waals surface area contributed by atoms with E-state index in [9.17, 15) is 0 Å². The van der Waals surface area contributed by atoms with Gasteiger partial charge in [0.05, 0.1) is 13.2 Å². The Bertz CT molecular complexity index is 411. The van der Waals surface area contributed by atoms with Gasteiger partial charge in [0.1, 0.15) is 5.75 Å². The number of nitrogens with zero attached hydrogens (tertiary/aromatic N) is 1.